The smallest absolute Gasteiger partial charge is 0.341 e. The number of hydrogen-bond acceptors (Lipinski definition) is 9. The number of anilines is 2. The molecule has 2 aromatic heterocycles. The van der Waals surface area contributed by atoms with Gasteiger partial charge in [0, 0.05) is 67.1 Å². The summed E-state index contributed by atoms with van der Waals surface area (Å²) in [5.41, 5.74) is 1.41. The van der Waals surface area contributed by atoms with Gasteiger partial charge in [-0.3, -0.25) is 14.4 Å². The lowest BCUT2D eigenvalue weighted by molar-refractivity contribution is -0.171. The Morgan fingerprint density at radius 2 is 1.81 bits per heavy atom. The number of thiazole rings is 1. The van der Waals surface area contributed by atoms with Crippen LogP contribution in [0.5, 0.6) is 0 Å². The highest BCUT2D eigenvalue weighted by atomic mass is 32.1. The van der Waals surface area contributed by atoms with Gasteiger partial charge in [-0.2, -0.15) is 5.06 Å². The minimum absolute atomic E-state index is 0.0492. The highest BCUT2D eigenvalue weighted by Gasteiger charge is 2.24. The maximum absolute atomic E-state index is 15.2. The summed E-state index contributed by atoms with van der Waals surface area (Å²) in [5.74, 6) is -2.00. The molecule has 1 unspecified atom stereocenters. The van der Waals surface area contributed by atoms with E-state index in [0.29, 0.717) is 62.1 Å². The molecule has 2 atom stereocenters. The molecule has 1 aliphatic heterocycles. The van der Waals surface area contributed by atoms with Crippen LogP contribution in [-0.2, 0) is 22.8 Å². The van der Waals surface area contributed by atoms with Gasteiger partial charge in [-0.05, 0) is 56.6 Å². The van der Waals surface area contributed by atoms with E-state index in [-0.39, 0.29) is 28.8 Å². The summed E-state index contributed by atoms with van der Waals surface area (Å²) in [6.07, 6.45) is 3.17. The third-order valence-electron chi connectivity index (χ3n) is 8.52. The first kappa shape index (κ1) is 34.2. The number of carbonyl (C=O) groups excluding carboxylic acids is 1. The standard InChI is InChI=1S/C34H41FN6O5S/c1-6-39-18-25(34(44)45)31(42)24-15-26(35)28(16-27(24)39)40-11-13-41(14-12-40)46-19-22-7-9-23(10-8-22)38-32(43)21(4)33-37-17-29(47-33)30(36-5)20(2)3/h7-10,15-18,20-21,30,36H,6,11-14,19H2,1-5H3,(H,38,43)(H,44,45)/t21?,30-/m0/s1. The van der Waals surface area contributed by atoms with Crippen molar-refractivity contribution in [3.05, 3.63) is 85.8 Å². The quantitative estimate of drug-likeness (QED) is 0.187. The van der Waals surface area contributed by atoms with Crippen LogP contribution in [0.3, 0.4) is 0 Å². The second-order valence-corrected chi connectivity index (χ2v) is 13.1. The van der Waals surface area contributed by atoms with Gasteiger partial charge in [-0.25, -0.2) is 14.2 Å². The van der Waals surface area contributed by atoms with Crippen LogP contribution in [0, 0.1) is 11.7 Å². The number of nitrogens with one attached hydrogen (secondary N) is 2. The van der Waals surface area contributed by atoms with Gasteiger partial charge in [0.2, 0.25) is 11.3 Å². The van der Waals surface area contributed by atoms with Gasteiger partial charge in [-0.1, -0.05) is 26.0 Å². The fourth-order valence-electron chi connectivity index (χ4n) is 5.78. The third-order valence-corrected chi connectivity index (χ3v) is 9.79. The second kappa shape index (κ2) is 14.7. The first-order chi connectivity index (χ1) is 22.5. The molecule has 3 N–H and O–H groups in total. The molecule has 5 rings (SSSR count). The number of halogens is 1. The molecule has 0 radical (unpaired) electrons. The van der Waals surface area contributed by atoms with Crippen molar-refractivity contribution in [2.24, 2.45) is 5.92 Å². The number of nitrogens with zero attached hydrogens (tertiary/aromatic N) is 4. The van der Waals surface area contributed by atoms with Gasteiger partial charge in [0.15, 0.2) is 0 Å². The van der Waals surface area contributed by atoms with Crippen LogP contribution < -0.4 is 21.0 Å². The van der Waals surface area contributed by atoms with E-state index in [0.717, 1.165) is 21.5 Å². The van der Waals surface area contributed by atoms with E-state index in [1.54, 1.807) is 22.0 Å². The Morgan fingerprint density at radius 1 is 1.11 bits per heavy atom. The van der Waals surface area contributed by atoms with Crippen LogP contribution in [0.2, 0.25) is 0 Å². The largest absolute Gasteiger partial charge is 0.477 e. The minimum atomic E-state index is -1.33. The number of hydrogen-bond donors (Lipinski definition) is 3. The zero-order valence-electron chi connectivity index (χ0n) is 27.2. The fraction of sp³-hybridized carbons (Fsp3) is 0.412. The summed E-state index contributed by atoms with van der Waals surface area (Å²) < 4.78 is 16.9. The van der Waals surface area contributed by atoms with Crippen LogP contribution in [0.25, 0.3) is 10.9 Å². The lowest BCUT2D eigenvalue weighted by Gasteiger charge is -2.35. The summed E-state index contributed by atoms with van der Waals surface area (Å²) in [4.78, 5) is 50.7. The summed E-state index contributed by atoms with van der Waals surface area (Å²) in [6.45, 7) is 10.8. The number of fused-ring (bicyclic) bond motifs is 1. The zero-order chi connectivity index (χ0) is 33.8. The van der Waals surface area contributed by atoms with Crippen LogP contribution in [0.15, 0.2) is 53.6 Å². The Morgan fingerprint density at radius 3 is 2.43 bits per heavy atom. The second-order valence-electron chi connectivity index (χ2n) is 12.0. The number of rotatable bonds is 12. The van der Waals surface area contributed by atoms with Gasteiger partial charge in [-0.15, -0.1) is 11.3 Å². The van der Waals surface area contributed by atoms with Gasteiger partial charge in [0.1, 0.15) is 16.4 Å². The number of amides is 1. The van der Waals surface area contributed by atoms with E-state index in [1.165, 1.54) is 6.20 Å². The van der Waals surface area contributed by atoms with Crippen molar-refractivity contribution >= 4 is 45.5 Å². The molecule has 2 aromatic carbocycles. The van der Waals surface area contributed by atoms with Gasteiger partial charge < -0.3 is 25.2 Å². The lowest BCUT2D eigenvalue weighted by atomic mass is 10.0. The number of aryl methyl sites for hydroxylation is 1. The number of benzene rings is 2. The molecule has 11 nitrogen and oxygen atoms in total. The SMILES string of the molecule is CCn1cc(C(=O)O)c(=O)c2cc(F)c(N3CCN(OCc4ccc(NC(=O)C(C)c5ncc([C@@H](NC)C(C)C)s5)cc4)CC3)cc21. The Kier molecular flexibility index (Phi) is 10.7. The average molecular weight is 665 g/mol. The van der Waals surface area contributed by atoms with Crippen molar-refractivity contribution in [2.45, 2.75) is 52.8 Å². The predicted molar refractivity (Wildman–Crippen MR) is 182 cm³/mol. The van der Waals surface area contributed by atoms with Crippen LogP contribution in [0.1, 0.15) is 65.5 Å². The van der Waals surface area contributed by atoms with Gasteiger partial charge in [0.05, 0.1) is 23.7 Å². The number of hydroxylamine groups is 2. The molecule has 1 aliphatic rings. The number of carbonyl (C=O) groups is 2. The summed E-state index contributed by atoms with van der Waals surface area (Å²) in [6, 6.07) is 10.5. The van der Waals surface area contributed by atoms with E-state index in [2.05, 4.69) is 29.5 Å². The van der Waals surface area contributed by atoms with Gasteiger partial charge in [0.25, 0.3) is 0 Å². The van der Waals surface area contributed by atoms with Gasteiger partial charge >= 0.3 is 5.97 Å². The van der Waals surface area contributed by atoms with Crippen molar-refractivity contribution in [1.82, 2.24) is 19.9 Å². The highest BCUT2D eigenvalue weighted by molar-refractivity contribution is 7.11. The molecule has 13 heteroatoms. The molecule has 3 heterocycles. The van der Waals surface area contributed by atoms with Crippen LogP contribution in [0.4, 0.5) is 15.8 Å². The van der Waals surface area contributed by atoms with E-state index in [4.69, 9.17) is 4.84 Å². The molecule has 47 heavy (non-hydrogen) atoms. The molecule has 1 fully saturated rings. The fourth-order valence-corrected chi connectivity index (χ4v) is 7.03. The molecule has 0 saturated carbocycles. The van der Waals surface area contributed by atoms with Crippen LogP contribution >= 0.6 is 11.3 Å². The molecule has 0 spiro atoms. The maximum atomic E-state index is 15.2. The first-order valence-corrected chi connectivity index (χ1v) is 16.6. The number of aromatic carboxylic acids is 1. The molecule has 0 bridgehead atoms. The Balaban J connectivity index is 1.14. The Hall–Kier alpha value is -4.17. The highest BCUT2D eigenvalue weighted by Crippen LogP contribution is 2.31. The van der Waals surface area contributed by atoms with Crippen molar-refractivity contribution < 1.29 is 23.9 Å². The first-order valence-electron chi connectivity index (χ1n) is 15.8. The van der Waals surface area contributed by atoms with E-state index >= 15 is 4.39 Å². The summed E-state index contributed by atoms with van der Waals surface area (Å²) in [5, 5.41) is 18.4. The van der Waals surface area contributed by atoms with Crippen molar-refractivity contribution in [2.75, 3.05) is 43.4 Å². The van der Waals surface area contributed by atoms with Crippen molar-refractivity contribution in [3.63, 3.8) is 0 Å². The lowest BCUT2D eigenvalue weighted by Crippen LogP contribution is -2.46. The molecule has 1 amide bonds. The number of carboxylic acids is 1. The monoisotopic (exact) mass is 664 g/mol. The summed E-state index contributed by atoms with van der Waals surface area (Å²) >= 11 is 1.56. The molecule has 1 saturated heterocycles. The number of aromatic nitrogens is 2. The molecule has 0 aliphatic carbocycles. The van der Waals surface area contributed by atoms with Crippen molar-refractivity contribution in [3.8, 4) is 0 Å². The van der Waals surface area contributed by atoms with E-state index in [1.807, 2.05) is 61.3 Å². The molecular weight excluding hydrogens is 623 g/mol. The van der Waals surface area contributed by atoms with Crippen molar-refractivity contribution in [1.29, 1.82) is 0 Å². The predicted octanol–water partition coefficient (Wildman–Crippen LogP) is 5.23. The maximum Gasteiger partial charge on any atom is 0.341 e. The van der Waals surface area contributed by atoms with E-state index < -0.39 is 17.2 Å². The Bertz CT molecular complexity index is 1800. The zero-order valence-corrected chi connectivity index (χ0v) is 28.1. The number of carboxylic acid groups (broad SMARTS) is 1. The average Bonchev–Trinajstić information content (AvgIpc) is 3.54. The summed E-state index contributed by atoms with van der Waals surface area (Å²) in [7, 11) is 1.93. The Labute approximate surface area is 276 Å². The normalized spacial score (nSPS) is 15.3. The minimum Gasteiger partial charge on any atom is -0.477 e. The third kappa shape index (κ3) is 7.54. The number of piperazine rings is 1. The molecule has 250 valence electrons. The molecule has 4 aromatic rings. The van der Waals surface area contributed by atoms with Crippen LogP contribution in [-0.4, -0.2) is 64.8 Å². The molecular formula is C34H41FN6O5S. The van der Waals surface area contributed by atoms with E-state index in [9.17, 15) is 19.5 Å². The topological polar surface area (TPSA) is 129 Å². The number of pyridine rings is 1.